The Morgan fingerprint density at radius 2 is 1.38 bits per heavy atom. The molecule has 136 valence electrons. The molecule has 7 heteroatoms. The van der Waals surface area contributed by atoms with Gasteiger partial charge < -0.3 is 9.84 Å². The molecule has 24 heavy (non-hydrogen) atoms. The molecule has 0 atom stereocenters. The van der Waals surface area contributed by atoms with Gasteiger partial charge in [0.15, 0.2) is 0 Å². The van der Waals surface area contributed by atoms with Crippen molar-refractivity contribution < 1.29 is 24.2 Å². The van der Waals surface area contributed by atoms with E-state index < -0.39 is 18.0 Å². The quantitative estimate of drug-likeness (QED) is 0.312. The van der Waals surface area contributed by atoms with Crippen molar-refractivity contribution in [3.8, 4) is 0 Å². The SMILES string of the molecule is CCCCCCCCCCCC(=O)N(CCC(=O)OC)C(=O)O.[NaH]. The molecule has 6 nitrogen and oxygen atoms in total. The summed E-state index contributed by atoms with van der Waals surface area (Å²) in [6.45, 7) is 2.06. The Kier molecular flexibility index (Phi) is 18.4. The second kappa shape index (κ2) is 17.2. The molecule has 0 bridgehead atoms. The molecule has 1 N–H and O–H groups in total. The molecule has 0 aromatic carbocycles. The van der Waals surface area contributed by atoms with E-state index in [1.807, 2.05) is 0 Å². The van der Waals surface area contributed by atoms with Crippen LogP contribution in [0.25, 0.3) is 0 Å². The van der Waals surface area contributed by atoms with Crippen LogP contribution in [-0.2, 0) is 14.3 Å². The average Bonchev–Trinajstić information content (AvgIpc) is 2.52. The fraction of sp³-hybridized carbons (Fsp3) is 0.824. The van der Waals surface area contributed by atoms with Crippen molar-refractivity contribution in [3.63, 3.8) is 0 Å². The molecule has 0 aliphatic heterocycles. The first-order valence-corrected chi connectivity index (χ1v) is 8.63. The first kappa shape index (κ1) is 25.6. The fourth-order valence-corrected chi connectivity index (χ4v) is 2.35. The van der Waals surface area contributed by atoms with E-state index >= 15 is 0 Å². The van der Waals surface area contributed by atoms with E-state index in [9.17, 15) is 14.4 Å². The van der Waals surface area contributed by atoms with Gasteiger partial charge in [-0.2, -0.15) is 0 Å². The van der Waals surface area contributed by atoms with Gasteiger partial charge in [-0.1, -0.05) is 58.3 Å². The molecule has 0 fully saturated rings. The third-order valence-electron chi connectivity index (χ3n) is 3.79. The first-order valence-electron chi connectivity index (χ1n) is 8.63. The van der Waals surface area contributed by atoms with Gasteiger partial charge in [-0.05, 0) is 6.42 Å². The van der Waals surface area contributed by atoms with E-state index in [-0.39, 0.29) is 48.9 Å². The van der Waals surface area contributed by atoms with E-state index in [2.05, 4.69) is 11.7 Å². The molecular formula is C17H32NNaO5. The van der Waals surface area contributed by atoms with Gasteiger partial charge in [-0.25, -0.2) is 9.69 Å². The number of hydrogen-bond donors (Lipinski definition) is 1. The Morgan fingerprint density at radius 1 is 0.875 bits per heavy atom. The Morgan fingerprint density at radius 3 is 1.83 bits per heavy atom. The van der Waals surface area contributed by atoms with Gasteiger partial charge in [0, 0.05) is 13.0 Å². The maximum absolute atomic E-state index is 11.9. The van der Waals surface area contributed by atoms with Crippen LogP contribution in [0.4, 0.5) is 4.79 Å². The van der Waals surface area contributed by atoms with Crippen molar-refractivity contribution in [2.45, 2.75) is 77.6 Å². The summed E-state index contributed by atoms with van der Waals surface area (Å²) < 4.78 is 4.45. The van der Waals surface area contributed by atoms with Gasteiger partial charge in [0.2, 0.25) is 5.91 Å². The van der Waals surface area contributed by atoms with Crippen LogP contribution in [0.15, 0.2) is 0 Å². The van der Waals surface area contributed by atoms with Crippen molar-refractivity contribution in [2.75, 3.05) is 13.7 Å². The van der Waals surface area contributed by atoms with Crippen molar-refractivity contribution in [2.24, 2.45) is 0 Å². The Hall–Kier alpha value is -0.590. The van der Waals surface area contributed by atoms with Gasteiger partial charge in [-0.3, -0.25) is 9.59 Å². The molecule has 0 spiro atoms. The second-order valence-electron chi connectivity index (χ2n) is 5.73. The summed E-state index contributed by atoms with van der Waals surface area (Å²) in [5.41, 5.74) is 0. The molecule has 0 unspecified atom stereocenters. The van der Waals surface area contributed by atoms with Crippen LogP contribution in [-0.4, -0.2) is 71.2 Å². The standard InChI is InChI=1S/C17H31NO5.Na.H/c1-3-4-5-6-7-8-9-10-11-12-15(19)18(17(21)22)14-13-16(20)23-2;;/h3-14H2,1-2H3,(H,21,22);;. The zero-order valence-corrected chi connectivity index (χ0v) is 14.5. The number of esters is 1. The van der Waals surface area contributed by atoms with E-state index in [0.717, 1.165) is 12.8 Å². The van der Waals surface area contributed by atoms with Crippen molar-refractivity contribution in [1.82, 2.24) is 4.90 Å². The molecular weight excluding hydrogens is 321 g/mol. The van der Waals surface area contributed by atoms with E-state index in [1.165, 1.54) is 45.6 Å². The molecule has 0 rings (SSSR count). The number of carboxylic acid groups (broad SMARTS) is 1. The molecule has 0 aliphatic rings. The van der Waals surface area contributed by atoms with Crippen LogP contribution >= 0.6 is 0 Å². The average molecular weight is 353 g/mol. The molecule has 0 heterocycles. The zero-order valence-electron chi connectivity index (χ0n) is 14.5. The Balaban J connectivity index is 0. The van der Waals surface area contributed by atoms with Crippen molar-refractivity contribution >= 4 is 47.5 Å². The third-order valence-corrected chi connectivity index (χ3v) is 3.79. The summed E-state index contributed by atoms with van der Waals surface area (Å²) in [4.78, 5) is 34.7. The van der Waals surface area contributed by atoms with Gasteiger partial charge in [0.05, 0.1) is 13.5 Å². The number of imide groups is 1. The summed E-state index contributed by atoms with van der Waals surface area (Å²) >= 11 is 0. The van der Waals surface area contributed by atoms with Gasteiger partial charge >= 0.3 is 41.6 Å². The molecule has 0 saturated heterocycles. The first-order chi connectivity index (χ1) is 11.0. The van der Waals surface area contributed by atoms with Crippen LogP contribution in [0.3, 0.4) is 0 Å². The minimum atomic E-state index is -1.31. The molecule has 0 aromatic rings. The minimum absolute atomic E-state index is 0. The van der Waals surface area contributed by atoms with Crippen LogP contribution in [0, 0.1) is 0 Å². The van der Waals surface area contributed by atoms with Gasteiger partial charge in [-0.15, -0.1) is 0 Å². The maximum atomic E-state index is 11.9. The molecule has 0 aliphatic carbocycles. The number of carbonyl (C=O) groups is 3. The molecule has 2 amide bonds. The Bertz CT molecular complexity index is 363. The number of ether oxygens (including phenoxy) is 1. The zero-order chi connectivity index (χ0) is 17.5. The van der Waals surface area contributed by atoms with Gasteiger partial charge in [0.25, 0.3) is 0 Å². The number of methoxy groups -OCH3 is 1. The van der Waals surface area contributed by atoms with Crippen LogP contribution in [0.5, 0.6) is 0 Å². The number of amides is 2. The van der Waals surface area contributed by atoms with Crippen LogP contribution < -0.4 is 0 Å². The van der Waals surface area contributed by atoms with Gasteiger partial charge in [0.1, 0.15) is 0 Å². The third kappa shape index (κ3) is 13.8. The predicted octanol–water partition coefficient (Wildman–Crippen LogP) is 3.33. The number of carbonyl (C=O) groups excluding carboxylic acids is 2. The Labute approximate surface area is 167 Å². The number of rotatable bonds is 13. The van der Waals surface area contributed by atoms with Crippen molar-refractivity contribution in [3.05, 3.63) is 0 Å². The molecule has 0 radical (unpaired) electrons. The van der Waals surface area contributed by atoms with E-state index in [1.54, 1.807) is 0 Å². The van der Waals surface area contributed by atoms with Crippen LogP contribution in [0.2, 0.25) is 0 Å². The monoisotopic (exact) mass is 353 g/mol. The fourth-order valence-electron chi connectivity index (χ4n) is 2.35. The van der Waals surface area contributed by atoms with E-state index in [0.29, 0.717) is 11.3 Å². The summed E-state index contributed by atoms with van der Waals surface area (Å²) in [5.74, 6) is -0.962. The molecule has 0 saturated carbocycles. The number of hydrogen-bond acceptors (Lipinski definition) is 4. The molecule has 0 aromatic heterocycles. The number of unbranched alkanes of at least 4 members (excludes halogenated alkanes) is 8. The summed E-state index contributed by atoms with van der Waals surface area (Å²) in [6.07, 6.45) is 9.01. The number of nitrogens with zero attached hydrogens (tertiary/aromatic N) is 1. The second-order valence-corrected chi connectivity index (χ2v) is 5.73. The summed E-state index contributed by atoms with van der Waals surface area (Å²) in [7, 11) is 1.23. The van der Waals surface area contributed by atoms with Crippen LogP contribution in [0.1, 0.15) is 77.6 Å². The topological polar surface area (TPSA) is 83.9 Å². The van der Waals surface area contributed by atoms with Crippen molar-refractivity contribution in [1.29, 1.82) is 0 Å². The van der Waals surface area contributed by atoms with E-state index in [4.69, 9.17) is 5.11 Å². The summed E-state index contributed by atoms with van der Waals surface area (Å²) in [5, 5.41) is 9.03. The predicted molar refractivity (Wildman–Crippen MR) is 95.4 cm³/mol. The summed E-state index contributed by atoms with van der Waals surface area (Å²) in [6, 6.07) is 0. The normalized spacial score (nSPS) is 9.92.